The number of nitrogens with zero attached hydrogens (tertiary/aromatic N) is 4. The Hall–Kier alpha value is -2.18. The van der Waals surface area contributed by atoms with Gasteiger partial charge in [0, 0.05) is 38.8 Å². The maximum atomic E-state index is 5.39. The van der Waals surface area contributed by atoms with Gasteiger partial charge in [-0.2, -0.15) is 0 Å². The third-order valence-electron chi connectivity index (χ3n) is 4.08. The van der Waals surface area contributed by atoms with Gasteiger partial charge < -0.3 is 19.9 Å². The number of morpholine rings is 1. The van der Waals surface area contributed by atoms with Crippen LogP contribution in [0.1, 0.15) is 5.56 Å². The van der Waals surface area contributed by atoms with Gasteiger partial charge in [0.15, 0.2) is 0 Å². The van der Waals surface area contributed by atoms with Crippen LogP contribution in [-0.2, 0) is 11.3 Å². The summed E-state index contributed by atoms with van der Waals surface area (Å²) in [4.78, 5) is 13.2. The molecule has 0 unspecified atom stereocenters. The molecule has 0 aliphatic carbocycles. The Bertz CT molecular complexity index is 616. The average molecular weight is 327 g/mol. The van der Waals surface area contributed by atoms with Crippen molar-refractivity contribution >= 4 is 11.6 Å². The van der Waals surface area contributed by atoms with E-state index in [1.165, 1.54) is 5.56 Å². The van der Waals surface area contributed by atoms with Crippen LogP contribution < -0.4 is 10.2 Å². The maximum Gasteiger partial charge on any atom is 0.134 e. The Labute approximate surface area is 143 Å². The van der Waals surface area contributed by atoms with Gasteiger partial charge in [0.2, 0.25) is 0 Å². The van der Waals surface area contributed by atoms with Gasteiger partial charge in [0.1, 0.15) is 18.0 Å². The first kappa shape index (κ1) is 16.7. The zero-order chi connectivity index (χ0) is 16.6. The van der Waals surface area contributed by atoms with E-state index >= 15 is 0 Å². The van der Waals surface area contributed by atoms with E-state index in [1.54, 1.807) is 6.33 Å². The zero-order valence-electron chi connectivity index (χ0n) is 14.2. The van der Waals surface area contributed by atoms with Crippen molar-refractivity contribution in [3.8, 4) is 0 Å². The minimum absolute atomic E-state index is 0.761. The molecule has 1 saturated heterocycles. The molecule has 1 aromatic heterocycles. The molecule has 128 valence electrons. The van der Waals surface area contributed by atoms with Crippen molar-refractivity contribution in [3.05, 3.63) is 48.3 Å². The Kier molecular flexibility index (Phi) is 5.98. The first-order valence-electron chi connectivity index (χ1n) is 8.42. The van der Waals surface area contributed by atoms with E-state index in [4.69, 9.17) is 4.74 Å². The van der Waals surface area contributed by atoms with Crippen LogP contribution >= 0.6 is 0 Å². The van der Waals surface area contributed by atoms with Crippen molar-refractivity contribution in [1.29, 1.82) is 0 Å². The normalized spacial score (nSPS) is 14.8. The molecule has 0 saturated carbocycles. The summed E-state index contributed by atoms with van der Waals surface area (Å²) in [5, 5.41) is 3.39. The van der Waals surface area contributed by atoms with Crippen LogP contribution in [0.25, 0.3) is 0 Å². The summed E-state index contributed by atoms with van der Waals surface area (Å²) in [6, 6.07) is 12.5. The molecule has 0 amide bonds. The SMILES string of the molecule is CN(CCNc1cc(N2CCOCC2)ncn1)Cc1ccccc1. The number of aromatic nitrogens is 2. The second-order valence-electron chi connectivity index (χ2n) is 6.01. The van der Waals surface area contributed by atoms with E-state index in [-0.39, 0.29) is 0 Å². The minimum Gasteiger partial charge on any atom is -0.378 e. The summed E-state index contributed by atoms with van der Waals surface area (Å²) in [5.74, 6) is 1.84. The lowest BCUT2D eigenvalue weighted by Gasteiger charge is -2.27. The molecular formula is C18H25N5O. The van der Waals surface area contributed by atoms with E-state index < -0.39 is 0 Å². The van der Waals surface area contributed by atoms with Crippen LogP contribution in [0.15, 0.2) is 42.7 Å². The van der Waals surface area contributed by atoms with E-state index in [0.717, 1.165) is 57.6 Å². The fourth-order valence-corrected chi connectivity index (χ4v) is 2.76. The Morgan fingerprint density at radius 1 is 1.17 bits per heavy atom. The molecule has 0 bridgehead atoms. The van der Waals surface area contributed by atoms with Crippen LogP contribution in [0.3, 0.4) is 0 Å². The highest BCUT2D eigenvalue weighted by Gasteiger charge is 2.12. The molecule has 1 aliphatic heterocycles. The van der Waals surface area contributed by atoms with Crippen LogP contribution in [-0.4, -0.2) is 61.3 Å². The smallest absolute Gasteiger partial charge is 0.134 e. The number of hydrogen-bond donors (Lipinski definition) is 1. The molecule has 1 fully saturated rings. The predicted molar refractivity (Wildman–Crippen MR) is 96.3 cm³/mol. The second kappa shape index (κ2) is 8.61. The topological polar surface area (TPSA) is 53.5 Å². The molecule has 1 aromatic carbocycles. The van der Waals surface area contributed by atoms with Crippen molar-refractivity contribution in [2.75, 3.05) is 56.7 Å². The van der Waals surface area contributed by atoms with E-state index in [9.17, 15) is 0 Å². The van der Waals surface area contributed by atoms with Crippen molar-refractivity contribution < 1.29 is 4.74 Å². The van der Waals surface area contributed by atoms with Crippen molar-refractivity contribution in [2.24, 2.45) is 0 Å². The predicted octanol–water partition coefficient (Wildman–Crippen LogP) is 1.86. The number of benzene rings is 1. The van der Waals surface area contributed by atoms with Gasteiger partial charge in [-0.1, -0.05) is 30.3 Å². The number of nitrogens with one attached hydrogen (secondary N) is 1. The number of anilines is 2. The van der Waals surface area contributed by atoms with Gasteiger partial charge in [0.05, 0.1) is 13.2 Å². The van der Waals surface area contributed by atoms with Gasteiger partial charge in [-0.25, -0.2) is 9.97 Å². The molecule has 2 aromatic rings. The van der Waals surface area contributed by atoms with Crippen LogP contribution in [0.5, 0.6) is 0 Å². The first-order chi connectivity index (χ1) is 11.8. The van der Waals surface area contributed by atoms with Crippen molar-refractivity contribution in [1.82, 2.24) is 14.9 Å². The van der Waals surface area contributed by atoms with Gasteiger partial charge >= 0.3 is 0 Å². The van der Waals surface area contributed by atoms with Crippen molar-refractivity contribution in [2.45, 2.75) is 6.54 Å². The fourth-order valence-electron chi connectivity index (χ4n) is 2.76. The molecule has 1 N–H and O–H groups in total. The highest BCUT2D eigenvalue weighted by Crippen LogP contribution is 2.15. The number of rotatable bonds is 7. The fraction of sp³-hybridized carbons (Fsp3) is 0.444. The minimum atomic E-state index is 0.761. The molecular weight excluding hydrogens is 302 g/mol. The Morgan fingerprint density at radius 2 is 1.96 bits per heavy atom. The summed E-state index contributed by atoms with van der Waals surface area (Å²) < 4.78 is 5.39. The van der Waals surface area contributed by atoms with E-state index in [1.807, 2.05) is 12.1 Å². The van der Waals surface area contributed by atoms with Crippen molar-refractivity contribution in [3.63, 3.8) is 0 Å². The van der Waals surface area contributed by atoms with Gasteiger partial charge in [-0.3, -0.25) is 0 Å². The van der Waals surface area contributed by atoms with Crippen LogP contribution in [0.2, 0.25) is 0 Å². The van der Waals surface area contributed by atoms with Crippen LogP contribution in [0, 0.1) is 0 Å². The van der Waals surface area contributed by atoms with E-state index in [0.29, 0.717) is 0 Å². The molecule has 1 aliphatic rings. The summed E-state index contributed by atoms with van der Waals surface area (Å²) >= 11 is 0. The molecule has 0 atom stereocenters. The highest BCUT2D eigenvalue weighted by molar-refractivity contribution is 5.48. The zero-order valence-corrected chi connectivity index (χ0v) is 14.2. The van der Waals surface area contributed by atoms with E-state index in [2.05, 4.69) is 56.4 Å². The molecule has 24 heavy (non-hydrogen) atoms. The summed E-state index contributed by atoms with van der Waals surface area (Å²) in [7, 11) is 2.13. The molecule has 6 heteroatoms. The number of ether oxygens (including phenoxy) is 1. The molecule has 3 rings (SSSR count). The Morgan fingerprint density at radius 3 is 2.75 bits per heavy atom. The molecule has 0 radical (unpaired) electrons. The summed E-state index contributed by atoms with van der Waals surface area (Å²) in [6.45, 7) is 6.04. The third kappa shape index (κ3) is 4.91. The van der Waals surface area contributed by atoms with Gasteiger partial charge in [-0.05, 0) is 12.6 Å². The first-order valence-corrected chi connectivity index (χ1v) is 8.42. The monoisotopic (exact) mass is 327 g/mol. The van der Waals surface area contributed by atoms with Gasteiger partial charge in [0.25, 0.3) is 0 Å². The number of likely N-dealkylation sites (N-methyl/N-ethyl adjacent to an activating group) is 1. The quantitative estimate of drug-likeness (QED) is 0.838. The lowest BCUT2D eigenvalue weighted by Crippen LogP contribution is -2.36. The largest absolute Gasteiger partial charge is 0.378 e. The Balaban J connectivity index is 1.46. The molecule has 2 heterocycles. The van der Waals surface area contributed by atoms with Crippen LogP contribution in [0.4, 0.5) is 11.6 Å². The highest BCUT2D eigenvalue weighted by atomic mass is 16.5. The van der Waals surface area contributed by atoms with Gasteiger partial charge in [-0.15, -0.1) is 0 Å². The molecule has 0 spiro atoms. The lowest BCUT2D eigenvalue weighted by atomic mass is 10.2. The lowest BCUT2D eigenvalue weighted by molar-refractivity contribution is 0.122. The average Bonchev–Trinajstić information content (AvgIpc) is 2.63. The number of hydrogen-bond acceptors (Lipinski definition) is 6. The third-order valence-corrected chi connectivity index (χ3v) is 4.08. The summed E-state index contributed by atoms with van der Waals surface area (Å²) in [5.41, 5.74) is 1.33. The maximum absolute atomic E-state index is 5.39. The second-order valence-corrected chi connectivity index (χ2v) is 6.01. The standard InChI is InChI=1S/C18H25N5O/c1-22(14-16-5-3-2-4-6-16)8-7-19-17-13-18(21-15-20-17)23-9-11-24-12-10-23/h2-6,13,15H,7-12,14H2,1H3,(H,19,20,21). The molecule has 6 nitrogen and oxygen atoms in total. The summed E-state index contributed by atoms with van der Waals surface area (Å²) in [6.07, 6.45) is 1.63.